The number of nitrogens with zero attached hydrogens (tertiary/aromatic N) is 6. The standard InChI is InChI=1S/C60H34N6O3/c1-5-17-41-35(13-1)29-36-14-2-6-18-42(36)59(41)65(39-25-27-47-45-21-9-11-23-49(45)67-51(47)31-39)55-33-53-57(63-61-55)58-54(69-53)34-56(62-64-58)66(40-26-28-48-46-22-10-12-24-50(46)68-52(48)32-40)60-43-19-7-3-15-37(43)30-38-16-4-8-20-44(38)60/h1-34H. The summed E-state index contributed by atoms with van der Waals surface area (Å²) in [5.74, 6) is 1.13. The number of anilines is 6. The number of rotatable bonds is 6. The molecule has 0 N–H and O–H groups in total. The van der Waals surface area contributed by atoms with Gasteiger partial charge in [-0.1, -0.05) is 133 Å². The summed E-state index contributed by atoms with van der Waals surface area (Å²) in [5.41, 5.74) is 8.90. The predicted octanol–water partition coefficient (Wildman–Crippen LogP) is 16.5. The van der Waals surface area contributed by atoms with Crippen LogP contribution in [0.3, 0.4) is 0 Å². The predicted molar refractivity (Wildman–Crippen MR) is 279 cm³/mol. The van der Waals surface area contributed by atoms with Gasteiger partial charge in [0.2, 0.25) is 0 Å². The van der Waals surface area contributed by atoms with Crippen LogP contribution in [0.25, 0.3) is 109 Å². The fourth-order valence-electron chi connectivity index (χ4n) is 10.5. The van der Waals surface area contributed by atoms with Crippen molar-refractivity contribution in [3.8, 4) is 0 Å². The lowest BCUT2D eigenvalue weighted by molar-refractivity contribution is 0.665. The zero-order chi connectivity index (χ0) is 45.2. The van der Waals surface area contributed by atoms with Crippen molar-refractivity contribution in [1.82, 2.24) is 20.4 Å². The Kier molecular flexibility index (Phi) is 7.87. The molecule has 322 valence electrons. The van der Waals surface area contributed by atoms with Crippen LogP contribution in [0.2, 0.25) is 0 Å². The fraction of sp³-hybridized carbons (Fsp3) is 0. The van der Waals surface area contributed by atoms with Gasteiger partial charge in [-0.15, -0.1) is 20.4 Å². The largest absolute Gasteiger partial charge is 0.456 e. The SMILES string of the molecule is c1ccc2c(N(c3ccc4c(c3)oc3ccccc34)c3cc4oc5cc(N(c6ccc7c(c6)oc6ccccc67)c6c7ccccc7cc7ccccc67)nnc5c4nn3)c3ccccc3cc2c1. The molecule has 9 nitrogen and oxygen atoms in total. The third kappa shape index (κ3) is 5.71. The molecule has 15 rings (SSSR count). The summed E-state index contributed by atoms with van der Waals surface area (Å²) in [6, 6.07) is 71.1. The van der Waals surface area contributed by atoms with Gasteiger partial charge in [0.25, 0.3) is 0 Å². The topological polar surface area (TPSA) is 97.5 Å². The molecular formula is C60H34N6O3. The van der Waals surface area contributed by atoms with E-state index in [1.807, 2.05) is 48.5 Å². The number of para-hydroxylation sites is 2. The van der Waals surface area contributed by atoms with Gasteiger partial charge in [-0.3, -0.25) is 9.80 Å². The number of fused-ring (bicyclic) bond motifs is 13. The first kappa shape index (κ1) is 37.6. The van der Waals surface area contributed by atoms with E-state index in [4.69, 9.17) is 33.6 Å². The van der Waals surface area contributed by atoms with Crippen molar-refractivity contribution in [3.05, 3.63) is 206 Å². The Morgan fingerprint density at radius 1 is 0.261 bits per heavy atom. The van der Waals surface area contributed by atoms with Crippen molar-refractivity contribution in [2.45, 2.75) is 0 Å². The number of hydrogen-bond acceptors (Lipinski definition) is 9. The van der Waals surface area contributed by atoms with Gasteiger partial charge in [0.15, 0.2) is 33.8 Å². The highest BCUT2D eigenvalue weighted by molar-refractivity contribution is 6.17. The van der Waals surface area contributed by atoms with Crippen LogP contribution >= 0.6 is 0 Å². The quantitative estimate of drug-likeness (QED) is 0.151. The van der Waals surface area contributed by atoms with Crippen molar-refractivity contribution in [1.29, 1.82) is 0 Å². The van der Waals surface area contributed by atoms with Crippen LogP contribution in [0.4, 0.5) is 34.4 Å². The van der Waals surface area contributed by atoms with Gasteiger partial charge in [-0.2, -0.15) is 0 Å². The molecule has 0 amide bonds. The highest BCUT2D eigenvalue weighted by Gasteiger charge is 2.26. The Balaban J connectivity index is 0.949. The zero-order valence-corrected chi connectivity index (χ0v) is 36.5. The first-order chi connectivity index (χ1) is 34.2. The summed E-state index contributed by atoms with van der Waals surface area (Å²) in [6.45, 7) is 0. The van der Waals surface area contributed by atoms with Gasteiger partial charge in [-0.25, -0.2) is 0 Å². The summed E-state index contributed by atoms with van der Waals surface area (Å²) in [5, 5.41) is 32.6. The molecule has 15 aromatic rings. The lowest BCUT2D eigenvalue weighted by Crippen LogP contribution is -2.13. The van der Waals surface area contributed by atoms with Crippen LogP contribution in [-0.4, -0.2) is 20.4 Å². The third-order valence-electron chi connectivity index (χ3n) is 13.6. The summed E-state index contributed by atoms with van der Waals surface area (Å²) < 4.78 is 19.8. The number of aromatic nitrogens is 4. The first-order valence-electron chi connectivity index (χ1n) is 22.9. The molecule has 0 aliphatic heterocycles. The summed E-state index contributed by atoms with van der Waals surface area (Å²) >= 11 is 0. The maximum atomic E-state index is 6.85. The minimum atomic E-state index is 0.508. The molecule has 5 heterocycles. The molecule has 0 spiro atoms. The maximum Gasteiger partial charge on any atom is 0.164 e. The Hall–Kier alpha value is -9.60. The van der Waals surface area contributed by atoms with Crippen LogP contribution in [0.1, 0.15) is 0 Å². The number of hydrogen-bond donors (Lipinski definition) is 0. The minimum absolute atomic E-state index is 0.508. The van der Waals surface area contributed by atoms with E-state index in [1.54, 1.807) is 0 Å². The minimum Gasteiger partial charge on any atom is -0.456 e. The highest BCUT2D eigenvalue weighted by Crippen LogP contribution is 2.47. The monoisotopic (exact) mass is 886 g/mol. The van der Waals surface area contributed by atoms with E-state index >= 15 is 0 Å². The average molecular weight is 887 g/mol. The summed E-state index contributed by atoms with van der Waals surface area (Å²) in [7, 11) is 0. The van der Waals surface area contributed by atoms with Crippen LogP contribution in [-0.2, 0) is 0 Å². The lowest BCUT2D eigenvalue weighted by Gasteiger charge is -2.27. The average Bonchev–Trinajstić information content (AvgIpc) is 4.09. The maximum absolute atomic E-state index is 6.85. The molecule has 0 saturated heterocycles. The Morgan fingerprint density at radius 3 is 1.00 bits per heavy atom. The Morgan fingerprint density at radius 2 is 0.594 bits per heavy atom. The smallest absolute Gasteiger partial charge is 0.164 e. The zero-order valence-electron chi connectivity index (χ0n) is 36.5. The van der Waals surface area contributed by atoms with Crippen molar-refractivity contribution >= 4 is 144 Å². The van der Waals surface area contributed by atoms with E-state index in [-0.39, 0.29) is 0 Å². The van der Waals surface area contributed by atoms with E-state index in [0.717, 1.165) is 110 Å². The van der Waals surface area contributed by atoms with Gasteiger partial charge >= 0.3 is 0 Å². The third-order valence-corrected chi connectivity index (χ3v) is 13.6. The summed E-state index contributed by atoms with van der Waals surface area (Å²) in [6.07, 6.45) is 0. The molecule has 0 saturated carbocycles. The molecule has 0 unspecified atom stereocenters. The molecule has 9 heteroatoms. The van der Waals surface area contributed by atoms with Crippen LogP contribution in [0, 0.1) is 0 Å². The van der Waals surface area contributed by atoms with Crippen molar-refractivity contribution < 1.29 is 13.3 Å². The number of benzene rings is 10. The second-order valence-corrected chi connectivity index (χ2v) is 17.5. The molecular weight excluding hydrogens is 853 g/mol. The molecule has 0 radical (unpaired) electrons. The van der Waals surface area contributed by atoms with E-state index in [2.05, 4.69) is 168 Å². The molecule has 0 fully saturated rings. The van der Waals surface area contributed by atoms with Gasteiger partial charge in [0.05, 0.1) is 22.7 Å². The molecule has 0 aliphatic carbocycles. The van der Waals surface area contributed by atoms with Crippen molar-refractivity contribution in [2.75, 3.05) is 9.80 Å². The highest BCUT2D eigenvalue weighted by atomic mass is 16.3. The van der Waals surface area contributed by atoms with E-state index in [9.17, 15) is 0 Å². The number of furan rings is 3. The van der Waals surface area contributed by atoms with Crippen molar-refractivity contribution in [2.24, 2.45) is 0 Å². The van der Waals surface area contributed by atoms with Gasteiger partial charge in [0.1, 0.15) is 22.3 Å². The molecule has 0 aliphatic rings. The molecule has 69 heavy (non-hydrogen) atoms. The second-order valence-electron chi connectivity index (χ2n) is 17.5. The Bertz CT molecular complexity index is 4210. The van der Waals surface area contributed by atoms with Gasteiger partial charge in [0, 0.05) is 67.4 Å². The van der Waals surface area contributed by atoms with Gasteiger partial charge < -0.3 is 13.3 Å². The van der Waals surface area contributed by atoms with E-state index in [1.165, 1.54) is 0 Å². The van der Waals surface area contributed by atoms with Crippen LogP contribution in [0.15, 0.2) is 220 Å². The molecule has 0 atom stereocenters. The van der Waals surface area contributed by atoms with E-state index in [0.29, 0.717) is 33.8 Å². The van der Waals surface area contributed by atoms with Crippen LogP contribution < -0.4 is 9.80 Å². The molecule has 5 aromatic heterocycles. The lowest BCUT2D eigenvalue weighted by atomic mass is 9.99. The normalized spacial score (nSPS) is 12.1. The Labute approximate surface area is 391 Å². The summed E-state index contributed by atoms with van der Waals surface area (Å²) in [4.78, 5) is 4.32. The van der Waals surface area contributed by atoms with Gasteiger partial charge in [-0.05, 0) is 70.1 Å². The second kappa shape index (κ2) is 14.4. The fourth-order valence-corrected chi connectivity index (χ4v) is 10.5. The van der Waals surface area contributed by atoms with Crippen molar-refractivity contribution in [3.63, 3.8) is 0 Å². The first-order valence-corrected chi connectivity index (χ1v) is 22.9. The molecule has 10 aromatic carbocycles. The van der Waals surface area contributed by atoms with Crippen LogP contribution in [0.5, 0.6) is 0 Å². The van der Waals surface area contributed by atoms with E-state index < -0.39 is 0 Å². The molecule has 0 bridgehead atoms.